The highest BCUT2D eigenvalue weighted by atomic mass is 35.5. The standard InChI is InChI=1S/C12H20ClN3/c1-4-14-8-10-7-12(15-9-11(10)13)16(5-2)6-3/h7,9,14H,4-6,8H2,1-3H3. The summed E-state index contributed by atoms with van der Waals surface area (Å²) in [7, 11) is 0. The fourth-order valence-corrected chi connectivity index (χ4v) is 1.75. The second kappa shape index (κ2) is 6.71. The first-order chi connectivity index (χ1) is 7.72. The minimum Gasteiger partial charge on any atom is -0.357 e. The van der Waals surface area contributed by atoms with Gasteiger partial charge in [-0.25, -0.2) is 4.98 Å². The molecule has 0 spiro atoms. The van der Waals surface area contributed by atoms with Crippen molar-refractivity contribution in [3.8, 4) is 0 Å². The number of nitrogens with zero attached hydrogens (tertiary/aromatic N) is 2. The highest BCUT2D eigenvalue weighted by Crippen LogP contribution is 2.20. The molecule has 1 rings (SSSR count). The van der Waals surface area contributed by atoms with Gasteiger partial charge in [-0.15, -0.1) is 0 Å². The Kier molecular flexibility index (Phi) is 5.56. The number of pyridine rings is 1. The smallest absolute Gasteiger partial charge is 0.128 e. The lowest BCUT2D eigenvalue weighted by Gasteiger charge is -2.20. The van der Waals surface area contributed by atoms with E-state index in [1.807, 2.05) is 0 Å². The number of anilines is 1. The lowest BCUT2D eigenvalue weighted by Crippen LogP contribution is -2.23. The molecule has 0 saturated carbocycles. The molecule has 1 heterocycles. The third-order valence-electron chi connectivity index (χ3n) is 2.57. The molecule has 4 heteroatoms. The maximum Gasteiger partial charge on any atom is 0.128 e. The molecular formula is C12H20ClN3. The van der Waals surface area contributed by atoms with E-state index in [1.54, 1.807) is 6.20 Å². The number of hydrogen-bond donors (Lipinski definition) is 1. The second-order valence-corrected chi connectivity index (χ2v) is 3.99. The van der Waals surface area contributed by atoms with Gasteiger partial charge < -0.3 is 10.2 Å². The van der Waals surface area contributed by atoms with Crippen molar-refractivity contribution in [2.24, 2.45) is 0 Å². The SMILES string of the molecule is CCNCc1cc(N(CC)CC)ncc1Cl. The van der Waals surface area contributed by atoms with Crippen molar-refractivity contribution in [2.45, 2.75) is 27.3 Å². The zero-order valence-electron chi connectivity index (χ0n) is 10.3. The summed E-state index contributed by atoms with van der Waals surface area (Å²) in [6.07, 6.45) is 1.74. The zero-order chi connectivity index (χ0) is 12.0. The average Bonchev–Trinajstić information content (AvgIpc) is 2.31. The van der Waals surface area contributed by atoms with Gasteiger partial charge in [0.05, 0.1) is 5.02 Å². The van der Waals surface area contributed by atoms with Crippen molar-refractivity contribution in [1.29, 1.82) is 0 Å². The van der Waals surface area contributed by atoms with E-state index in [2.05, 4.69) is 42.0 Å². The van der Waals surface area contributed by atoms with Gasteiger partial charge in [0.1, 0.15) is 5.82 Å². The molecule has 1 aromatic rings. The van der Waals surface area contributed by atoms with Crippen LogP contribution in [0.25, 0.3) is 0 Å². The van der Waals surface area contributed by atoms with E-state index in [-0.39, 0.29) is 0 Å². The molecule has 0 aliphatic carbocycles. The van der Waals surface area contributed by atoms with Crippen LogP contribution in [0.4, 0.5) is 5.82 Å². The van der Waals surface area contributed by atoms with Crippen LogP contribution in [0.15, 0.2) is 12.3 Å². The molecule has 0 aliphatic rings. The maximum atomic E-state index is 6.10. The number of nitrogens with one attached hydrogen (secondary N) is 1. The molecule has 0 saturated heterocycles. The van der Waals surface area contributed by atoms with Crippen LogP contribution in [-0.4, -0.2) is 24.6 Å². The minimum absolute atomic E-state index is 0.733. The van der Waals surface area contributed by atoms with Gasteiger partial charge in [-0.05, 0) is 32.0 Å². The van der Waals surface area contributed by atoms with Crippen LogP contribution in [0.1, 0.15) is 26.3 Å². The summed E-state index contributed by atoms with van der Waals surface area (Å²) >= 11 is 6.10. The summed E-state index contributed by atoms with van der Waals surface area (Å²) in [6, 6.07) is 2.07. The topological polar surface area (TPSA) is 28.2 Å². The van der Waals surface area contributed by atoms with Gasteiger partial charge in [0, 0.05) is 25.8 Å². The van der Waals surface area contributed by atoms with Crippen LogP contribution in [0.5, 0.6) is 0 Å². The summed E-state index contributed by atoms with van der Waals surface area (Å²) in [6.45, 7) is 10.0. The van der Waals surface area contributed by atoms with Crippen LogP contribution in [-0.2, 0) is 6.54 Å². The Morgan fingerprint density at radius 3 is 2.56 bits per heavy atom. The van der Waals surface area contributed by atoms with Crippen LogP contribution in [0.3, 0.4) is 0 Å². The van der Waals surface area contributed by atoms with Gasteiger partial charge in [-0.1, -0.05) is 18.5 Å². The monoisotopic (exact) mass is 241 g/mol. The first-order valence-corrected chi connectivity index (χ1v) is 6.20. The quantitative estimate of drug-likeness (QED) is 0.830. The molecule has 0 aliphatic heterocycles. The van der Waals surface area contributed by atoms with E-state index in [1.165, 1.54) is 0 Å². The van der Waals surface area contributed by atoms with Gasteiger partial charge in [-0.3, -0.25) is 0 Å². The highest BCUT2D eigenvalue weighted by molar-refractivity contribution is 6.31. The normalized spacial score (nSPS) is 10.5. The Hall–Kier alpha value is -0.800. The van der Waals surface area contributed by atoms with Crippen LogP contribution < -0.4 is 10.2 Å². The van der Waals surface area contributed by atoms with Crippen molar-refractivity contribution < 1.29 is 0 Å². The molecule has 0 amide bonds. The molecule has 0 fully saturated rings. The lowest BCUT2D eigenvalue weighted by molar-refractivity contribution is 0.724. The van der Waals surface area contributed by atoms with Crippen LogP contribution in [0, 0.1) is 0 Å². The molecule has 1 aromatic heterocycles. The van der Waals surface area contributed by atoms with E-state index >= 15 is 0 Å². The number of aromatic nitrogens is 1. The van der Waals surface area contributed by atoms with Crippen molar-refractivity contribution in [2.75, 3.05) is 24.5 Å². The van der Waals surface area contributed by atoms with Crippen LogP contribution >= 0.6 is 11.6 Å². The van der Waals surface area contributed by atoms with Gasteiger partial charge in [0.25, 0.3) is 0 Å². The van der Waals surface area contributed by atoms with Crippen molar-refractivity contribution in [1.82, 2.24) is 10.3 Å². The summed E-state index contributed by atoms with van der Waals surface area (Å²) in [4.78, 5) is 6.57. The summed E-state index contributed by atoms with van der Waals surface area (Å²) in [5, 5.41) is 4.01. The number of hydrogen-bond acceptors (Lipinski definition) is 3. The van der Waals surface area contributed by atoms with E-state index in [0.29, 0.717) is 0 Å². The predicted octanol–water partition coefficient (Wildman–Crippen LogP) is 2.69. The highest BCUT2D eigenvalue weighted by Gasteiger charge is 2.07. The maximum absolute atomic E-state index is 6.10. The van der Waals surface area contributed by atoms with Crippen molar-refractivity contribution in [3.63, 3.8) is 0 Å². The molecule has 1 N–H and O–H groups in total. The second-order valence-electron chi connectivity index (χ2n) is 3.59. The average molecular weight is 242 g/mol. The molecule has 90 valence electrons. The molecule has 0 unspecified atom stereocenters. The molecular weight excluding hydrogens is 222 g/mol. The summed E-state index contributed by atoms with van der Waals surface area (Å²) in [5.74, 6) is 1.00. The number of halogens is 1. The van der Waals surface area contributed by atoms with Gasteiger partial charge in [-0.2, -0.15) is 0 Å². The molecule has 0 aromatic carbocycles. The van der Waals surface area contributed by atoms with E-state index < -0.39 is 0 Å². The van der Waals surface area contributed by atoms with Gasteiger partial charge in [0.15, 0.2) is 0 Å². The molecule has 0 bridgehead atoms. The number of rotatable bonds is 6. The Labute approximate surface area is 103 Å². The van der Waals surface area contributed by atoms with E-state index in [0.717, 1.165) is 42.6 Å². The lowest BCUT2D eigenvalue weighted by atomic mass is 10.2. The zero-order valence-corrected chi connectivity index (χ0v) is 11.0. The Morgan fingerprint density at radius 2 is 2.00 bits per heavy atom. The first kappa shape index (κ1) is 13.3. The summed E-state index contributed by atoms with van der Waals surface area (Å²) < 4.78 is 0. The Balaban J connectivity index is 2.87. The molecule has 0 radical (unpaired) electrons. The Bertz CT molecular complexity index is 324. The third kappa shape index (κ3) is 3.35. The fourth-order valence-electron chi connectivity index (χ4n) is 1.58. The first-order valence-electron chi connectivity index (χ1n) is 5.82. The fraction of sp³-hybridized carbons (Fsp3) is 0.583. The van der Waals surface area contributed by atoms with Crippen LogP contribution in [0.2, 0.25) is 5.02 Å². The van der Waals surface area contributed by atoms with Gasteiger partial charge >= 0.3 is 0 Å². The van der Waals surface area contributed by atoms with Crippen molar-refractivity contribution >= 4 is 17.4 Å². The molecule has 3 nitrogen and oxygen atoms in total. The molecule has 0 atom stereocenters. The van der Waals surface area contributed by atoms with Crippen molar-refractivity contribution in [3.05, 3.63) is 22.8 Å². The third-order valence-corrected chi connectivity index (χ3v) is 2.91. The Morgan fingerprint density at radius 1 is 1.31 bits per heavy atom. The summed E-state index contributed by atoms with van der Waals surface area (Å²) in [5.41, 5.74) is 1.11. The van der Waals surface area contributed by atoms with Gasteiger partial charge in [0.2, 0.25) is 0 Å². The van der Waals surface area contributed by atoms with E-state index in [4.69, 9.17) is 11.6 Å². The predicted molar refractivity (Wildman–Crippen MR) is 70.2 cm³/mol. The molecule has 16 heavy (non-hydrogen) atoms. The van der Waals surface area contributed by atoms with E-state index in [9.17, 15) is 0 Å². The largest absolute Gasteiger partial charge is 0.357 e. The minimum atomic E-state index is 0.733.